The average molecular weight is 351 g/mol. The predicted molar refractivity (Wildman–Crippen MR) is 83.3 cm³/mol. The van der Waals surface area contributed by atoms with Gasteiger partial charge in [0.05, 0.1) is 10.0 Å². The lowest BCUT2D eigenvalue weighted by Crippen LogP contribution is -2.09. The summed E-state index contributed by atoms with van der Waals surface area (Å²) in [6.45, 7) is 2.72. The van der Waals surface area contributed by atoms with Crippen LogP contribution in [-0.4, -0.2) is 24.3 Å². The largest absolute Gasteiger partial charge is 0.490 e. The van der Waals surface area contributed by atoms with Crippen LogP contribution in [0.4, 0.5) is 0 Å². The van der Waals surface area contributed by atoms with Crippen LogP contribution >= 0.6 is 15.9 Å². The van der Waals surface area contributed by atoms with Crippen LogP contribution in [0, 0.1) is 6.92 Å². The molecule has 2 aromatic carbocycles. The standard InChI is InChI=1S/C16H15BrO4/c1-11-5-6-15(14(17)9-11)21-8-7-20-13-4-2-3-12(10-13)16(18)19/h2-6,9-10H,7-8H2,1H3,(H,18,19). The molecule has 0 fully saturated rings. The third-order valence-corrected chi connectivity index (χ3v) is 3.40. The smallest absolute Gasteiger partial charge is 0.335 e. The molecule has 4 nitrogen and oxygen atoms in total. The van der Waals surface area contributed by atoms with Crippen LogP contribution < -0.4 is 9.47 Å². The lowest BCUT2D eigenvalue weighted by molar-refractivity contribution is 0.0696. The van der Waals surface area contributed by atoms with E-state index in [1.807, 2.05) is 25.1 Å². The van der Waals surface area contributed by atoms with Crippen LogP contribution in [0.1, 0.15) is 15.9 Å². The summed E-state index contributed by atoms with van der Waals surface area (Å²) in [4.78, 5) is 10.8. The fraction of sp³-hybridized carbons (Fsp3) is 0.188. The summed E-state index contributed by atoms with van der Waals surface area (Å²) in [5, 5.41) is 8.90. The molecule has 1 N–H and O–H groups in total. The van der Waals surface area contributed by atoms with Crippen molar-refractivity contribution >= 4 is 21.9 Å². The highest BCUT2D eigenvalue weighted by Gasteiger charge is 2.04. The molecule has 0 aliphatic heterocycles. The van der Waals surface area contributed by atoms with Crippen molar-refractivity contribution < 1.29 is 19.4 Å². The average Bonchev–Trinajstić information content (AvgIpc) is 2.45. The van der Waals surface area contributed by atoms with Crippen molar-refractivity contribution in [2.45, 2.75) is 6.92 Å². The van der Waals surface area contributed by atoms with Crippen molar-refractivity contribution in [3.63, 3.8) is 0 Å². The molecule has 0 amide bonds. The number of rotatable bonds is 6. The zero-order chi connectivity index (χ0) is 15.2. The fourth-order valence-electron chi connectivity index (χ4n) is 1.75. The minimum Gasteiger partial charge on any atom is -0.490 e. The molecular weight excluding hydrogens is 336 g/mol. The molecule has 0 aliphatic rings. The van der Waals surface area contributed by atoms with Crippen molar-refractivity contribution in [2.75, 3.05) is 13.2 Å². The summed E-state index contributed by atoms with van der Waals surface area (Å²) in [5.41, 5.74) is 1.35. The van der Waals surface area contributed by atoms with Crippen LogP contribution in [-0.2, 0) is 0 Å². The number of carboxylic acid groups (broad SMARTS) is 1. The highest BCUT2D eigenvalue weighted by atomic mass is 79.9. The second kappa shape index (κ2) is 7.13. The Morgan fingerprint density at radius 3 is 2.62 bits per heavy atom. The van der Waals surface area contributed by atoms with Crippen LogP contribution in [0.25, 0.3) is 0 Å². The van der Waals surface area contributed by atoms with E-state index in [9.17, 15) is 4.79 Å². The van der Waals surface area contributed by atoms with Crippen molar-refractivity contribution in [3.05, 3.63) is 58.1 Å². The maximum absolute atomic E-state index is 10.8. The van der Waals surface area contributed by atoms with Gasteiger partial charge in [-0.1, -0.05) is 12.1 Å². The van der Waals surface area contributed by atoms with Crippen LogP contribution in [0.2, 0.25) is 0 Å². The third-order valence-electron chi connectivity index (χ3n) is 2.78. The number of aryl methyl sites for hydroxylation is 1. The molecule has 0 bridgehead atoms. The quantitative estimate of drug-likeness (QED) is 0.802. The molecule has 21 heavy (non-hydrogen) atoms. The fourth-order valence-corrected chi connectivity index (χ4v) is 2.36. The number of hydrogen-bond donors (Lipinski definition) is 1. The zero-order valence-corrected chi connectivity index (χ0v) is 13.1. The van der Waals surface area contributed by atoms with Gasteiger partial charge in [-0.05, 0) is 58.7 Å². The second-order valence-electron chi connectivity index (χ2n) is 4.46. The molecule has 0 saturated heterocycles. The van der Waals surface area contributed by atoms with E-state index >= 15 is 0 Å². The van der Waals surface area contributed by atoms with Gasteiger partial charge in [-0.2, -0.15) is 0 Å². The Balaban J connectivity index is 1.84. The van der Waals surface area contributed by atoms with Gasteiger partial charge in [0.15, 0.2) is 0 Å². The topological polar surface area (TPSA) is 55.8 Å². The lowest BCUT2D eigenvalue weighted by Gasteiger charge is -2.10. The molecule has 0 unspecified atom stereocenters. The van der Waals surface area contributed by atoms with Crippen LogP contribution in [0.3, 0.4) is 0 Å². The normalized spacial score (nSPS) is 10.2. The Hall–Kier alpha value is -2.01. The summed E-state index contributed by atoms with van der Waals surface area (Å²) in [6, 6.07) is 12.2. The molecule has 0 radical (unpaired) electrons. The van der Waals surface area contributed by atoms with E-state index in [1.54, 1.807) is 12.1 Å². The molecule has 2 rings (SSSR count). The van der Waals surface area contributed by atoms with Crippen molar-refractivity contribution in [1.29, 1.82) is 0 Å². The van der Waals surface area contributed by atoms with E-state index in [-0.39, 0.29) is 5.56 Å². The Kier molecular flexibility index (Phi) is 5.22. The number of benzene rings is 2. The van der Waals surface area contributed by atoms with Gasteiger partial charge in [-0.3, -0.25) is 0 Å². The van der Waals surface area contributed by atoms with Crippen LogP contribution in [0.5, 0.6) is 11.5 Å². The zero-order valence-electron chi connectivity index (χ0n) is 11.5. The number of carbonyl (C=O) groups is 1. The Labute approximate surface area is 131 Å². The maximum atomic E-state index is 10.8. The van der Waals surface area contributed by atoms with Crippen molar-refractivity contribution in [2.24, 2.45) is 0 Å². The first kappa shape index (κ1) is 15.4. The Bertz CT molecular complexity index is 640. The summed E-state index contributed by atoms with van der Waals surface area (Å²) in [7, 11) is 0. The Morgan fingerprint density at radius 2 is 1.90 bits per heavy atom. The molecule has 0 aliphatic carbocycles. The molecule has 0 heterocycles. The molecule has 110 valence electrons. The third kappa shape index (κ3) is 4.49. The van der Waals surface area contributed by atoms with E-state index in [0.717, 1.165) is 15.8 Å². The maximum Gasteiger partial charge on any atom is 0.335 e. The van der Waals surface area contributed by atoms with Gasteiger partial charge in [-0.25, -0.2) is 4.79 Å². The first-order chi connectivity index (χ1) is 10.1. The number of aromatic carboxylic acids is 1. The number of hydrogen-bond acceptors (Lipinski definition) is 3. The van der Waals surface area contributed by atoms with Gasteiger partial charge in [-0.15, -0.1) is 0 Å². The highest BCUT2D eigenvalue weighted by Crippen LogP contribution is 2.25. The minimum absolute atomic E-state index is 0.203. The van der Waals surface area contributed by atoms with E-state index in [2.05, 4.69) is 15.9 Å². The summed E-state index contributed by atoms with van der Waals surface area (Å²) >= 11 is 3.44. The number of ether oxygens (including phenoxy) is 2. The van der Waals surface area contributed by atoms with Gasteiger partial charge in [0, 0.05) is 0 Å². The van der Waals surface area contributed by atoms with E-state index in [4.69, 9.17) is 14.6 Å². The molecular formula is C16H15BrO4. The number of carboxylic acids is 1. The Morgan fingerprint density at radius 1 is 1.14 bits per heavy atom. The molecule has 0 spiro atoms. The van der Waals surface area contributed by atoms with Gasteiger partial charge < -0.3 is 14.6 Å². The van der Waals surface area contributed by atoms with E-state index in [1.165, 1.54) is 12.1 Å². The van der Waals surface area contributed by atoms with Crippen molar-refractivity contribution in [1.82, 2.24) is 0 Å². The summed E-state index contributed by atoms with van der Waals surface area (Å²) < 4.78 is 12.0. The van der Waals surface area contributed by atoms with Crippen LogP contribution in [0.15, 0.2) is 46.9 Å². The van der Waals surface area contributed by atoms with Gasteiger partial charge in [0.1, 0.15) is 24.7 Å². The van der Waals surface area contributed by atoms with Crippen molar-refractivity contribution in [3.8, 4) is 11.5 Å². The summed E-state index contributed by atoms with van der Waals surface area (Å²) in [5.74, 6) is 0.297. The SMILES string of the molecule is Cc1ccc(OCCOc2cccc(C(=O)O)c2)c(Br)c1. The lowest BCUT2D eigenvalue weighted by atomic mass is 10.2. The minimum atomic E-state index is -0.972. The molecule has 0 aromatic heterocycles. The van der Waals surface area contributed by atoms with Gasteiger partial charge in [0.25, 0.3) is 0 Å². The summed E-state index contributed by atoms with van der Waals surface area (Å²) in [6.07, 6.45) is 0. The first-order valence-corrected chi connectivity index (χ1v) is 7.20. The number of halogens is 1. The van der Waals surface area contributed by atoms with E-state index in [0.29, 0.717) is 19.0 Å². The monoisotopic (exact) mass is 350 g/mol. The molecule has 0 saturated carbocycles. The first-order valence-electron chi connectivity index (χ1n) is 6.41. The molecule has 5 heteroatoms. The predicted octanol–water partition coefficient (Wildman–Crippen LogP) is 3.91. The highest BCUT2D eigenvalue weighted by molar-refractivity contribution is 9.10. The van der Waals surface area contributed by atoms with Gasteiger partial charge >= 0.3 is 5.97 Å². The van der Waals surface area contributed by atoms with E-state index < -0.39 is 5.97 Å². The van der Waals surface area contributed by atoms with Gasteiger partial charge in [0.2, 0.25) is 0 Å². The molecule has 2 aromatic rings. The molecule has 0 atom stereocenters. The second-order valence-corrected chi connectivity index (χ2v) is 5.32.